The van der Waals surface area contributed by atoms with E-state index in [0.29, 0.717) is 0 Å². The number of rotatable bonds is 13. The number of carbonyl (C=O) groups excluding carboxylic acids is 2. The minimum Gasteiger partial charge on any atom is -0.508 e. The van der Waals surface area contributed by atoms with Gasteiger partial charge in [0, 0.05) is 13.5 Å². The second-order valence-electron chi connectivity index (χ2n) is 13.4. The number of fused-ring (bicyclic) bond motifs is 6. The molecule has 0 aromatic heterocycles. The van der Waals surface area contributed by atoms with Crippen LogP contribution in [-0.4, -0.2) is 41.5 Å². The Kier molecular flexibility index (Phi) is 9.90. The number of likely N-dealkylation sites (N-methyl/N-ethyl adjacent to an activating group) is 1. The summed E-state index contributed by atoms with van der Waals surface area (Å²) in [5.41, 5.74) is 9.45. The summed E-state index contributed by atoms with van der Waals surface area (Å²) in [5, 5.41) is 11.4. The molecule has 6 aromatic rings. The normalized spacial score (nSPS) is 14.0. The Morgan fingerprint density at radius 3 is 1.72 bits per heavy atom. The zero-order chi connectivity index (χ0) is 37.0. The number of ether oxygens (including phenoxy) is 1. The molecule has 2 aliphatic carbocycles. The fraction of sp³-hybridized carbons (Fsp3) is 0.152. The summed E-state index contributed by atoms with van der Waals surface area (Å²) >= 11 is 0. The van der Waals surface area contributed by atoms with Gasteiger partial charge in [-0.05, 0) is 67.8 Å². The van der Waals surface area contributed by atoms with E-state index in [0.717, 1.165) is 55.6 Å². The fourth-order valence-electron chi connectivity index (χ4n) is 7.59. The second kappa shape index (κ2) is 15.4. The van der Waals surface area contributed by atoms with Crippen LogP contribution < -0.4 is 0 Å². The van der Waals surface area contributed by atoms with E-state index >= 15 is 0 Å². The van der Waals surface area contributed by atoms with Gasteiger partial charge in [0.25, 0.3) is 0 Å². The van der Waals surface area contributed by atoms with Crippen molar-refractivity contribution >= 4 is 11.9 Å². The quantitative estimate of drug-likeness (QED) is 0.0418. The van der Waals surface area contributed by atoms with Crippen molar-refractivity contribution in [1.82, 2.24) is 5.06 Å². The van der Waals surface area contributed by atoms with Crippen LogP contribution in [0.15, 0.2) is 157 Å². The van der Waals surface area contributed by atoms with Crippen molar-refractivity contribution in [1.29, 1.82) is 0 Å². The minimum atomic E-state index is -1.13. The molecule has 1 N–H and O–H groups in total. The largest absolute Gasteiger partial charge is 0.508 e. The molecule has 0 saturated heterocycles. The van der Waals surface area contributed by atoms with E-state index in [1.165, 1.54) is 5.06 Å². The lowest BCUT2D eigenvalue weighted by molar-refractivity contribution is -0.307. The molecule has 54 heavy (non-hydrogen) atoms. The van der Waals surface area contributed by atoms with Gasteiger partial charge in [0.05, 0.1) is 11.8 Å². The van der Waals surface area contributed by atoms with Gasteiger partial charge in [0.15, 0.2) is 11.7 Å². The summed E-state index contributed by atoms with van der Waals surface area (Å²) in [6.07, 6.45) is -0.981. The lowest BCUT2D eigenvalue weighted by Crippen LogP contribution is -2.45. The van der Waals surface area contributed by atoms with E-state index in [1.54, 1.807) is 31.3 Å². The minimum absolute atomic E-state index is 0.0578. The number of benzene rings is 6. The molecule has 0 spiro atoms. The first-order valence-corrected chi connectivity index (χ1v) is 17.8. The maximum Gasteiger partial charge on any atom is 0.362 e. The number of carbonyl (C=O) groups is 1. The number of nitrogens with zero attached hydrogens (tertiary/aromatic N) is 1. The van der Waals surface area contributed by atoms with Crippen molar-refractivity contribution < 1.29 is 34.0 Å². The lowest BCUT2D eigenvalue weighted by Gasteiger charge is -2.33. The van der Waals surface area contributed by atoms with Crippen LogP contribution in [0.25, 0.3) is 22.3 Å². The fourth-order valence-corrected chi connectivity index (χ4v) is 7.59. The maximum absolute atomic E-state index is 13.9. The number of phenolic OH excluding ortho intramolecular Hbond substituents is 1. The third-order valence-corrected chi connectivity index (χ3v) is 10.1. The van der Waals surface area contributed by atoms with E-state index < -0.39 is 30.1 Å². The number of hydrogen-bond donors (Lipinski definition) is 1. The number of aromatic hydroxyl groups is 1. The second-order valence-corrected chi connectivity index (χ2v) is 13.4. The van der Waals surface area contributed by atoms with Gasteiger partial charge in [0.1, 0.15) is 18.4 Å². The SMILES string of the molecule is CN(OC(OC(=C=O)C1c2ccccc2-c2ccccc21)C1c2ccccc2-c2ccccc21)C(Cc1ccc(O)cc1)C(=O)OOCc1ccccc1. The molecule has 0 fully saturated rings. The van der Waals surface area contributed by atoms with Crippen LogP contribution in [0.1, 0.15) is 45.2 Å². The predicted octanol–water partition coefficient (Wildman–Crippen LogP) is 8.52. The van der Waals surface area contributed by atoms with Crippen LogP contribution in [0.4, 0.5) is 0 Å². The molecule has 2 atom stereocenters. The lowest BCUT2D eigenvalue weighted by atomic mass is 9.94. The van der Waals surface area contributed by atoms with Crippen molar-refractivity contribution in [3.05, 3.63) is 191 Å². The summed E-state index contributed by atoms with van der Waals surface area (Å²) in [4.78, 5) is 44.6. The Balaban J connectivity index is 1.16. The Hall–Kier alpha value is -6.28. The van der Waals surface area contributed by atoms with Gasteiger partial charge in [-0.1, -0.05) is 140 Å². The molecule has 6 aromatic carbocycles. The first kappa shape index (κ1) is 34.8. The first-order chi connectivity index (χ1) is 26.5. The van der Waals surface area contributed by atoms with Crippen LogP contribution in [-0.2, 0) is 42.0 Å². The van der Waals surface area contributed by atoms with E-state index in [9.17, 15) is 14.7 Å². The maximum atomic E-state index is 13.9. The molecule has 8 heteroatoms. The Bertz CT molecular complexity index is 2240. The van der Waals surface area contributed by atoms with Crippen molar-refractivity contribution in [2.24, 2.45) is 0 Å². The van der Waals surface area contributed by atoms with Crippen LogP contribution >= 0.6 is 0 Å². The molecule has 0 aliphatic heterocycles. The van der Waals surface area contributed by atoms with Crippen molar-refractivity contribution in [2.45, 2.75) is 37.2 Å². The smallest absolute Gasteiger partial charge is 0.362 e. The number of allylic oxidation sites excluding steroid dienone is 1. The first-order valence-electron chi connectivity index (χ1n) is 17.8. The third kappa shape index (κ3) is 6.83. The van der Waals surface area contributed by atoms with Gasteiger partial charge in [0.2, 0.25) is 6.29 Å². The van der Waals surface area contributed by atoms with Crippen molar-refractivity contribution in [3.63, 3.8) is 0 Å². The van der Waals surface area contributed by atoms with Gasteiger partial charge in [-0.3, -0.25) is 9.73 Å². The van der Waals surface area contributed by atoms with Crippen LogP contribution in [0.5, 0.6) is 5.75 Å². The Morgan fingerprint density at radius 1 is 0.667 bits per heavy atom. The highest BCUT2D eigenvalue weighted by atomic mass is 17.2. The molecule has 0 radical (unpaired) electrons. The van der Waals surface area contributed by atoms with Crippen LogP contribution in [0.2, 0.25) is 0 Å². The number of hydroxylamine groups is 2. The zero-order valence-electron chi connectivity index (χ0n) is 29.5. The van der Waals surface area contributed by atoms with Gasteiger partial charge in [-0.25, -0.2) is 9.59 Å². The van der Waals surface area contributed by atoms with Crippen molar-refractivity contribution in [3.8, 4) is 28.0 Å². The van der Waals surface area contributed by atoms with E-state index in [1.807, 2.05) is 115 Å². The van der Waals surface area contributed by atoms with Crippen LogP contribution in [0, 0.1) is 0 Å². The summed E-state index contributed by atoms with van der Waals surface area (Å²) in [6, 6.07) is 47.0. The highest BCUT2D eigenvalue weighted by molar-refractivity contribution is 5.82. The molecule has 0 amide bonds. The summed E-state index contributed by atoms with van der Waals surface area (Å²) in [5.74, 6) is 0.606. The topological polar surface area (TPSA) is 94.5 Å². The molecule has 0 heterocycles. The summed E-state index contributed by atoms with van der Waals surface area (Å²) in [7, 11) is 1.64. The molecule has 0 saturated carbocycles. The van der Waals surface area contributed by atoms with E-state index in [-0.39, 0.29) is 24.5 Å². The average Bonchev–Trinajstić information content (AvgIpc) is 3.73. The van der Waals surface area contributed by atoms with Gasteiger partial charge in [-0.15, -0.1) is 0 Å². The molecule has 8 rings (SSSR count). The summed E-state index contributed by atoms with van der Waals surface area (Å²) in [6.45, 7) is 0.0578. The Morgan fingerprint density at radius 2 is 1.17 bits per heavy atom. The molecule has 0 bridgehead atoms. The van der Waals surface area contributed by atoms with Gasteiger partial charge >= 0.3 is 5.97 Å². The molecule has 2 aliphatic rings. The number of phenols is 1. The van der Waals surface area contributed by atoms with Crippen LogP contribution in [0.3, 0.4) is 0 Å². The molecule has 268 valence electrons. The molecule has 2 unspecified atom stereocenters. The van der Waals surface area contributed by atoms with Gasteiger partial charge in [-0.2, -0.15) is 9.95 Å². The third-order valence-electron chi connectivity index (χ3n) is 10.1. The molecular formula is C46H37NO7. The highest BCUT2D eigenvalue weighted by Crippen LogP contribution is 2.51. The van der Waals surface area contributed by atoms with E-state index in [4.69, 9.17) is 19.3 Å². The average molecular weight is 716 g/mol. The van der Waals surface area contributed by atoms with Gasteiger partial charge < -0.3 is 9.84 Å². The monoisotopic (exact) mass is 715 g/mol. The highest BCUT2D eigenvalue weighted by Gasteiger charge is 2.42. The summed E-state index contributed by atoms with van der Waals surface area (Å²) < 4.78 is 6.81. The molecular weight excluding hydrogens is 679 g/mol. The predicted molar refractivity (Wildman–Crippen MR) is 203 cm³/mol. The standard InChI is InChI=1S/C46H37NO7/c1-47(41(27-30-23-25-32(49)26-24-30)45(50)54-51-29-31-13-3-2-4-14-31)53-46(44-39-21-11-7-17-35(39)36-18-8-12-22-40(36)44)52-42(28-48)43-37-19-9-5-15-33(37)34-16-6-10-20-38(34)43/h2-26,41,43-44,46,49H,27,29H2,1H3. The molecule has 8 nitrogen and oxygen atoms in total. The van der Waals surface area contributed by atoms with Crippen molar-refractivity contribution in [2.75, 3.05) is 7.05 Å². The Labute approximate surface area is 313 Å². The number of hydrogen-bond acceptors (Lipinski definition) is 8. The van der Waals surface area contributed by atoms with E-state index in [2.05, 4.69) is 18.1 Å². The zero-order valence-corrected chi connectivity index (χ0v) is 29.5.